The molecule has 0 unspecified atom stereocenters. The summed E-state index contributed by atoms with van der Waals surface area (Å²) in [5.74, 6) is 0.743. The van der Waals surface area contributed by atoms with E-state index in [0.29, 0.717) is 19.2 Å². The van der Waals surface area contributed by atoms with Crippen molar-refractivity contribution in [1.82, 2.24) is 15.4 Å². The predicted octanol–water partition coefficient (Wildman–Crippen LogP) is 2.00. The number of sulfonamides is 1. The molecule has 0 aromatic heterocycles. The molecule has 27 heavy (non-hydrogen) atoms. The number of nitrogens with zero attached hydrogens (tertiary/aromatic N) is 1. The van der Waals surface area contributed by atoms with Gasteiger partial charge in [0.1, 0.15) is 0 Å². The van der Waals surface area contributed by atoms with Crippen molar-refractivity contribution in [1.29, 1.82) is 0 Å². The van der Waals surface area contributed by atoms with E-state index in [-0.39, 0.29) is 35.4 Å². The Balaban J connectivity index is 0.00000364. The highest BCUT2D eigenvalue weighted by molar-refractivity contribution is 14.0. The number of aliphatic imine (C=N–C) groups is 1. The summed E-state index contributed by atoms with van der Waals surface area (Å²) in [4.78, 5) is 4.81. The number of guanidine groups is 1. The first-order valence-electron chi connectivity index (χ1n) is 8.82. The molecule has 1 aromatic rings. The van der Waals surface area contributed by atoms with Gasteiger partial charge in [-0.25, -0.2) is 18.1 Å². The van der Waals surface area contributed by atoms with Crippen molar-refractivity contribution in [3.05, 3.63) is 42.0 Å². The molecule has 0 atom stereocenters. The molecule has 2 rings (SSSR count). The molecule has 7 nitrogen and oxygen atoms in total. The third kappa shape index (κ3) is 8.16. The van der Waals surface area contributed by atoms with Crippen molar-refractivity contribution in [3.8, 4) is 0 Å². The highest BCUT2D eigenvalue weighted by atomic mass is 127. The van der Waals surface area contributed by atoms with Crippen LogP contribution >= 0.6 is 24.0 Å². The minimum absolute atomic E-state index is 0. The van der Waals surface area contributed by atoms with E-state index in [1.54, 1.807) is 18.2 Å². The summed E-state index contributed by atoms with van der Waals surface area (Å²) >= 11 is 0. The first-order valence-corrected chi connectivity index (χ1v) is 10.3. The van der Waals surface area contributed by atoms with Gasteiger partial charge < -0.3 is 15.4 Å². The smallest absolute Gasteiger partial charge is 0.240 e. The van der Waals surface area contributed by atoms with Gasteiger partial charge in [-0.1, -0.05) is 24.3 Å². The van der Waals surface area contributed by atoms with Crippen molar-refractivity contribution in [2.24, 2.45) is 4.99 Å². The third-order valence-corrected chi connectivity index (χ3v) is 5.38. The minimum atomic E-state index is -3.54. The molecule has 0 spiro atoms. The second kappa shape index (κ2) is 12.3. The Morgan fingerprint density at radius 3 is 2.70 bits per heavy atom. The summed E-state index contributed by atoms with van der Waals surface area (Å²) in [6, 6.07) is 7.20. The van der Waals surface area contributed by atoms with Crippen LogP contribution in [0.15, 0.2) is 46.3 Å². The molecule has 0 amide bonds. The van der Waals surface area contributed by atoms with Crippen LogP contribution in [0.3, 0.4) is 0 Å². The molecule has 0 fully saturated rings. The lowest BCUT2D eigenvalue weighted by molar-refractivity contribution is 0.204. The van der Waals surface area contributed by atoms with Crippen LogP contribution in [0.5, 0.6) is 0 Å². The van der Waals surface area contributed by atoms with Crippen LogP contribution in [0.4, 0.5) is 0 Å². The van der Waals surface area contributed by atoms with E-state index in [1.165, 1.54) is 7.11 Å². The van der Waals surface area contributed by atoms with Crippen LogP contribution in [0.25, 0.3) is 0 Å². The Morgan fingerprint density at radius 2 is 2.04 bits per heavy atom. The number of hydrogen-bond acceptors (Lipinski definition) is 4. The minimum Gasteiger partial charge on any atom is -0.383 e. The van der Waals surface area contributed by atoms with E-state index in [4.69, 9.17) is 4.74 Å². The van der Waals surface area contributed by atoms with Crippen molar-refractivity contribution in [2.75, 3.05) is 26.8 Å². The topological polar surface area (TPSA) is 91.8 Å². The Bertz CT molecular complexity index is 730. The quantitative estimate of drug-likeness (QED) is 0.156. The molecule has 1 aliphatic rings. The Hall–Kier alpha value is -1.17. The summed E-state index contributed by atoms with van der Waals surface area (Å²) in [6.07, 6.45) is 6.30. The molecule has 152 valence electrons. The highest BCUT2D eigenvalue weighted by Crippen LogP contribution is 2.13. The Morgan fingerprint density at radius 1 is 1.30 bits per heavy atom. The molecule has 0 aliphatic heterocycles. The summed E-state index contributed by atoms with van der Waals surface area (Å²) in [5, 5.41) is 6.62. The van der Waals surface area contributed by atoms with Crippen LogP contribution in [0, 0.1) is 0 Å². The number of rotatable bonds is 9. The van der Waals surface area contributed by atoms with Crippen LogP contribution < -0.4 is 15.4 Å². The monoisotopic (exact) mass is 508 g/mol. The third-order valence-electron chi connectivity index (χ3n) is 3.92. The molecule has 0 bridgehead atoms. The molecule has 0 heterocycles. The van der Waals surface area contributed by atoms with Gasteiger partial charge in [-0.3, -0.25) is 0 Å². The first-order chi connectivity index (χ1) is 12.5. The maximum Gasteiger partial charge on any atom is 0.240 e. The van der Waals surface area contributed by atoms with Gasteiger partial charge in [-0.2, -0.15) is 0 Å². The molecule has 3 N–H and O–H groups in total. The fourth-order valence-electron chi connectivity index (χ4n) is 2.59. The zero-order chi connectivity index (χ0) is 18.8. The van der Waals surface area contributed by atoms with Crippen molar-refractivity contribution in [2.45, 2.75) is 37.2 Å². The van der Waals surface area contributed by atoms with E-state index in [9.17, 15) is 8.42 Å². The Kier molecular flexibility index (Phi) is 10.9. The molecular weight excluding hydrogens is 479 g/mol. The van der Waals surface area contributed by atoms with Crippen molar-refractivity contribution < 1.29 is 13.2 Å². The highest BCUT2D eigenvalue weighted by Gasteiger charge is 2.14. The van der Waals surface area contributed by atoms with Crippen LogP contribution in [-0.2, 0) is 21.3 Å². The number of benzene rings is 1. The van der Waals surface area contributed by atoms with Gasteiger partial charge in [0.05, 0.1) is 18.0 Å². The van der Waals surface area contributed by atoms with Gasteiger partial charge in [0.2, 0.25) is 10.0 Å². The van der Waals surface area contributed by atoms with Gasteiger partial charge >= 0.3 is 0 Å². The largest absolute Gasteiger partial charge is 0.383 e. The van der Waals surface area contributed by atoms with Gasteiger partial charge in [0, 0.05) is 26.2 Å². The lowest BCUT2D eigenvalue weighted by Crippen LogP contribution is -2.42. The van der Waals surface area contributed by atoms with Gasteiger partial charge in [-0.05, 0) is 37.5 Å². The normalized spacial score (nSPS) is 14.8. The second-order valence-electron chi connectivity index (χ2n) is 6.02. The van der Waals surface area contributed by atoms with E-state index in [1.807, 2.05) is 13.0 Å². The van der Waals surface area contributed by atoms with Gasteiger partial charge in [0.25, 0.3) is 0 Å². The summed E-state index contributed by atoms with van der Waals surface area (Å²) in [6.45, 7) is 3.76. The number of nitrogens with one attached hydrogen (secondary N) is 3. The predicted molar refractivity (Wildman–Crippen MR) is 119 cm³/mol. The lowest BCUT2D eigenvalue weighted by atomic mass is 10.2. The molecule has 1 aliphatic carbocycles. The van der Waals surface area contributed by atoms with Crippen LogP contribution in [0.2, 0.25) is 0 Å². The fraction of sp³-hybridized carbons (Fsp3) is 0.500. The summed E-state index contributed by atoms with van der Waals surface area (Å²) < 4.78 is 32.0. The number of methoxy groups -OCH3 is 1. The maximum absolute atomic E-state index is 12.3. The van der Waals surface area contributed by atoms with Crippen molar-refractivity contribution in [3.63, 3.8) is 0 Å². The van der Waals surface area contributed by atoms with E-state index >= 15 is 0 Å². The second-order valence-corrected chi connectivity index (χ2v) is 7.78. The van der Waals surface area contributed by atoms with E-state index < -0.39 is 10.0 Å². The average molecular weight is 508 g/mol. The maximum atomic E-state index is 12.3. The molecule has 9 heteroatoms. The van der Waals surface area contributed by atoms with E-state index in [0.717, 1.165) is 30.9 Å². The lowest BCUT2D eigenvalue weighted by Gasteiger charge is -2.16. The molecule has 0 saturated heterocycles. The first kappa shape index (κ1) is 23.9. The van der Waals surface area contributed by atoms with Gasteiger partial charge in [0.15, 0.2) is 5.96 Å². The van der Waals surface area contributed by atoms with Crippen molar-refractivity contribution >= 4 is 40.0 Å². The average Bonchev–Trinajstić information content (AvgIpc) is 3.13. The van der Waals surface area contributed by atoms with Gasteiger partial charge in [-0.15, -0.1) is 24.0 Å². The van der Waals surface area contributed by atoms with Crippen LogP contribution in [-0.4, -0.2) is 47.2 Å². The summed E-state index contributed by atoms with van der Waals surface area (Å²) in [7, 11) is -2.01. The number of halogens is 1. The number of hydrogen-bond donors (Lipinski definition) is 3. The number of ether oxygens (including phenoxy) is 1. The summed E-state index contributed by atoms with van der Waals surface area (Å²) in [5.41, 5.74) is 0.835. The molecule has 0 saturated carbocycles. The zero-order valence-corrected chi connectivity index (χ0v) is 18.9. The SMILES string of the molecule is CCNC(=NCc1cccc(S(=O)(=O)NCCOC)c1)NC1CC=CC1.I. The zero-order valence-electron chi connectivity index (χ0n) is 15.8. The Labute approximate surface area is 179 Å². The molecular formula is C18H29IN4O3S. The molecule has 0 radical (unpaired) electrons. The standard InChI is InChI=1S/C18H28N4O3S.HI/c1-3-19-18(22-16-8-4-5-9-16)20-14-15-7-6-10-17(13-15)26(23,24)21-11-12-25-2;/h4-7,10,13,16,21H,3,8-9,11-12,14H2,1-2H3,(H2,19,20,22);1H. The fourth-order valence-corrected chi connectivity index (χ4v) is 3.67. The van der Waals surface area contributed by atoms with E-state index in [2.05, 4.69) is 32.5 Å². The van der Waals surface area contributed by atoms with Crippen LogP contribution in [0.1, 0.15) is 25.3 Å². The molecule has 1 aromatic carbocycles.